The van der Waals surface area contributed by atoms with Crippen molar-refractivity contribution in [1.29, 1.82) is 0 Å². The van der Waals surface area contributed by atoms with Gasteiger partial charge in [0.2, 0.25) is 5.58 Å². The summed E-state index contributed by atoms with van der Waals surface area (Å²) in [5, 5.41) is 2.28. The van der Waals surface area contributed by atoms with E-state index in [0.29, 0.717) is 0 Å². The van der Waals surface area contributed by atoms with Gasteiger partial charge in [-0.15, -0.1) is 0 Å². The first-order valence-electron chi connectivity index (χ1n) is 9.02. The van der Waals surface area contributed by atoms with Crippen molar-refractivity contribution in [2.75, 3.05) is 0 Å². The third-order valence-corrected chi connectivity index (χ3v) is 5.32. The third-order valence-electron chi connectivity index (χ3n) is 5.32. The molecular weight excluding hydrogens is 334 g/mol. The van der Waals surface area contributed by atoms with Gasteiger partial charge in [0.15, 0.2) is 6.20 Å². The topological polar surface area (TPSA) is 34.8 Å². The molecule has 0 amide bonds. The number of aryl methyl sites for hydroxylation is 2. The van der Waals surface area contributed by atoms with Gasteiger partial charge in [-0.2, -0.15) is 4.57 Å². The Labute approximate surface area is 157 Å². The van der Waals surface area contributed by atoms with Crippen molar-refractivity contribution in [2.45, 2.75) is 6.92 Å². The van der Waals surface area contributed by atoms with Crippen molar-refractivity contribution < 1.29 is 8.98 Å². The molecule has 0 aliphatic rings. The van der Waals surface area contributed by atoms with Crippen molar-refractivity contribution >= 4 is 21.9 Å². The van der Waals surface area contributed by atoms with Crippen LogP contribution in [0.15, 0.2) is 71.5 Å². The van der Waals surface area contributed by atoms with Crippen LogP contribution in [0.5, 0.6) is 0 Å². The second kappa shape index (κ2) is 5.81. The summed E-state index contributed by atoms with van der Waals surface area (Å²) in [6, 6.07) is 16.7. The summed E-state index contributed by atoms with van der Waals surface area (Å²) >= 11 is 0. The molecule has 27 heavy (non-hydrogen) atoms. The first-order chi connectivity index (χ1) is 13.1. The zero-order valence-electron chi connectivity index (χ0n) is 15.6. The molecule has 4 nitrogen and oxygen atoms in total. The monoisotopic (exact) mass is 354 g/mol. The van der Waals surface area contributed by atoms with Gasteiger partial charge in [0.25, 0.3) is 5.69 Å². The summed E-state index contributed by atoms with van der Waals surface area (Å²) in [6.45, 7) is 2.15. The van der Waals surface area contributed by atoms with Gasteiger partial charge >= 0.3 is 0 Å². The van der Waals surface area contributed by atoms with Gasteiger partial charge in [-0.25, -0.2) is 4.98 Å². The van der Waals surface area contributed by atoms with Crippen LogP contribution >= 0.6 is 0 Å². The maximum Gasteiger partial charge on any atom is 0.256 e. The Morgan fingerprint density at radius 2 is 1.78 bits per heavy atom. The highest BCUT2D eigenvalue weighted by atomic mass is 16.3. The van der Waals surface area contributed by atoms with E-state index in [9.17, 15) is 0 Å². The lowest BCUT2D eigenvalue weighted by Crippen LogP contribution is -2.30. The van der Waals surface area contributed by atoms with Crippen LogP contribution in [0.3, 0.4) is 0 Å². The molecule has 0 radical (unpaired) electrons. The van der Waals surface area contributed by atoms with E-state index in [1.807, 2.05) is 36.1 Å². The van der Waals surface area contributed by atoms with Crippen LogP contribution in [0.2, 0.25) is 0 Å². The van der Waals surface area contributed by atoms with Crippen LogP contribution in [0, 0.1) is 6.92 Å². The largest absolute Gasteiger partial charge is 0.449 e. The predicted molar refractivity (Wildman–Crippen MR) is 107 cm³/mol. The number of pyridine rings is 1. The second-order valence-electron chi connectivity index (χ2n) is 6.96. The molecule has 0 saturated heterocycles. The fourth-order valence-corrected chi connectivity index (χ4v) is 3.90. The molecule has 5 rings (SSSR count). The Morgan fingerprint density at radius 1 is 0.963 bits per heavy atom. The van der Waals surface area contributed by atoms with E-state index in [2.05, 4.69) is 66.1 Å². The number of rotatable bonds is 2. The van der Waals surface area contributed by atoms with Gasteiger partial charge in [0, 0.05) is 41.8 Å². The van der Waals surface area contributed by atoms with Crippen molar-refractivity contribution in [3.05, 3.63) is 72.7 Å². The lowest BCUT2D eigenvalue weighted by Gasteiger charge is -2.10. The van der Waals surface area contributed by atoms with Crippen LogP contribution in [-0.4, -0.2) is 9.55 Å². The number of nitrogens with zero attached hydrogens (tertiary/aromatic N) is 3. The van der Waals surface area contributed by atoms with Crippen molar-refractivity contribution in [2.24, 2.45) is 14.1 Å². The van der Waals surface area contributed by atoms with Gasteiger partial charge < -0.3 is 8.98 Å². The maximum atomic E-state index is 6.29. The molecule has 3 aromatic heterocycles. The quantitative estimate of drug-likeness (QED) is 0.427. The first-order valence-corrected chi connectivity index (χ1v) is 9.02. The van der Waals surface area contributed by atoms with Crippen molar-refractivity contribution in [1.82, 2.24) is 9.55 Å². The minimum atomic E-state index is 0.915. The van der Waals surface area contributed by atoms with E-state index in [-0.39, 0.29) is 0 Å². The summed E-state index contributed by atoms with van der Waals surface area (Å²) in [7, 11) is 4.09. The van der Waals surface area contributed by atoms with Gasteiger partial charge in [0.05, 0.1) is 5.56 Å². The highest BCUT2D eigenvalue weighted by molar-refractivity contribution is 6.08. The van der Waals surface area contributed by atoms with Gasteiger partial charge in [-0.1, -0.05) is 30.3 Å². The zero-order valence-corrected chi connectivity index (χ0v) is 15.6. The van der Waals surface area contributed by atoms with E-state index in [4.69, 9.17) is 4.42 Å². The normalized spacial score (nSPS) is 11.5. The minimum Gasteiger partial charge on any atom is -0.449 e. The van der Waals surface area contributed by atoms with Crippen LogP contribution < -0.4 is 4.57 Å². The molecule has 0 atom stereocenters. The molecular formula is C23H20N3O+. The Kier molecular flexibility index (Phi) is 3.41. The van der Waals surface area contributed by atoms with Crippen molar-refractivity contribution in [3.63, 3.8) is 0 Å². The van der Waals surface area contributed by atoms with Crippen LogP contribution in [-0.2, 0) is 14.1 Å². The van der Waals surface area contributed by atoms with Crippen LogP contribution in [0.1, 0.15) is 5.56 Å². The summed E-state index contributed by atoms with van der Waals surface area (Å²) < 4.78 is 10.5. The Balaban J connectivity index is 1.84. The average Bonchev–Trinajstić information content (AvgIpc) is 3.26. The zero-order chi connectivity index (χ0) is 18.5. The molecule has 5 aromatic rings. The van der Waals surface area contributed by atoms with Crippen molar-refractivity contribution in [3.8, 4) is 22.6 Å². The van der Waals surface area contributed by atoms with E-state index in [0.717, 1.165) is 44.6 Å². The minimum absolute atomic E-state index is 0.915. The smallest absolute Gasteiger partial charge is 0.256 e. The molecule has 0 unspecified atom stereocenters. The van der Waals surface area contributed by atoms with Gasteiger partial charge in [-0.05, 0) is 24.6 Å². The number of para-hydroxylation sites is 1. The summed E-state index contributed by atoms with van der Waals surface area (Å²) in [6.07, 6.45) is 5.91. The molecule has 0 aliphatic heterocycles. The highest BCUT2D eigenvalue weighted by Gasteiger charge is 2.23. The molecule has 2 aromatic carbocycles. The lowest BCUT2D eigenvalue weighted by atomic mass is 9.97. The van der Waals surface area contributed by atoms with E-state index in [1.165, 1.54) is 5.56 Å². The second-order valence-corrected chi connectivity index (χ2v) is 6.96. The van der Waals surface area contributed by atoms with Crippen LogP contribution in [0.4, 0.5) is 0 Å². The summed E-state index contributed by atoms with van der Waals surface area (Å²) in [5.41, 5.74) is 6.39. The summed E-state index contributed by atoms with van der Waals surface area (Å²) in [4.78, 5) is 4.53. The molecule has 0 saturated carbocycles. The Morgan fingerprint density at radius 3 is 2.59 bits per heavy atom. The molecule has 0 N–H and O–H groups in total. The molecule has 132 valence electrons. The Hall–Kier alpha value is -3.40. The molecule has 3 heterocycles. The number of hydrogen-bond donors (Lipinski definition) is 0. The highest BCUT2D eigenvalue weighted by Crippen LogP contribution is 2.36. The number of fused-ring (bicyclic) bond motifs is 3. The fourth-order valence-electron chi connectivity index (χ4n) is 3.90. The molecule has 4 heteroatoms. The average molecular weight is 354 g/mol. The van der Waals surface area contributed by atoms with Gasteiger partial charge in [0.1, 0.15) is 18.5 Å². The lowest BCUT2D eigenvalue weighted by molar-refractivity contribution is -0.659. The fraction of sp³-hybridized carbons (Fsp3) is 0.130. The molecule has 0 spiro atoms. The first kappa shape index (κ1) is 15.8. The molecule has 0 aliphatic carbocycles. The number of benzene rings is 2. The van der Waals surface area contributed by atoms with E-state index in [1.54, 1.807) is 0 Å². The number of hydrogen-bond acceptors (Lipinski definition) is 2. The maximum absolute atomic E-state index is 6.29. The van der Waals surface area contributed by atoms with Gasteiger partial charge in [-0.3, -0.25) is 0 Å². The number of aromatic nitrogens is 3. The number of imidazole rings is 1. The SMILES string of the molecule is Cc1c(-c2nccn2C)cccc1-c1c2oc3ccccc3c2cc[n+]1C. The molecule has 0 bridgehead atoms. The predicted octanol–water partition coefficient (Wildman–Crippen LogP) is 4.79. The van der Waals surface area contributed by atoms with Crippen LogP contribution in [0.25, 0.3) is 44.6 Å². The van der Waals surface area contributed by atoms with E-state index < -0.39 is 0 Å². The Bertz CT molecular complexity index is 1310. The third kappa shape index (κ3) is 2.30. The molecule has 0 fully saturated rings. The standard InChI is InChI=1S/C23H20N3O/c1-15-16(8-6-9-17(15)23-24-12-14-26(23)3)21-22-19(11-13-25(21)2)18-7-4-5-10-20(18)27-22/h4-14H,1-3H3/q+1. The van der Waals surface area contributed by atoms with E-state index >= 15 is 0 Å². The number of furan rings is 1. The summed E-state index contributed by atoms with van der Waals surface area (Å²) in [5.74, 6) is 0.966.